The zero-order valence-electron chi connectivity index (χ0n) is 21.9. The zero-order chi connectivity index (χ0) is 27.0. The van der Waals surface area contributed by atoms with E-state index in [-0.39, 0.29) is 5.95 Å². The fraction of sp³-hybridized carbons (Fsp3) is 0.400. The lowest BCUT2D eigenvalue weighted by molar-refractivity contribution is 0.391. The molecule has 0 aliphatic carbocycles. The highest BCUT2D eigenvalue weighted by Crippen LogP contribution is 2.38. The molecule has 0 saturated carbocycles. The Bertz CT molecular complexity index is 1520. The minimum absolute atomic E-state index is 0.0140. The third-order valence-electron chi connectivity index (χ3n) is 6.82. The Balaban J connectivity index is 1.60. The Hall–Kier alpha value is -4.00. The number of aromatic nitrogens is 7. The number of benzene rings is 1. The smallest absolute Gasteiger partial charge is 0.243 e. The summed E-state index contributed by atoms with van der Waals surface area (Å²) in [5, 5.41) is 12.4. The number of para-hydroxylation sites is 1. The van der Waals surface area contributed by atoms with Crippen molar-refractivity contribution in [3.8, 4) is 28.7 Å². The van der Waals surface area contributed by atoms with Crippen molar-refractivity contribution >= 4 is 16.0 Å². The van der Waals surface area contributed by atoms with E-state index >= 15 is 0 Å². The number of aryl methyl sites for hydroxylation is 3. The Morgan fingerprint density at radius 3 is 2.37 bits per heavy atom. The van der Waals surface area contributed by atoms with E-state index in [2.05, 4.69) is 24.9 Å². The largest absolute Gasteiger partial charge is 0.494 e. The van der Waals surface area contributed by atoms with E-state index in [0.717, 1.165) is 30.6 Å². The first-order valence-corrected chi connectivity index (χ1v) is 13.8. The molecule has 1 N–H and O–H groups in total. The fourth-order valence-electron chi connectivity index (χ4n) is 4.49. The first-order valence-electron chi connectivity index (χ1n) is 12.3. The summed E-state index contributed by atoms with van der Waals surface area (Å²) in [6.07, 6.45) is 5.28. The molecule has 0 saturated heterocycles. The van der Waals surface area contributed by atoms with E-state index < -0.39 is 21.2 Å². The van der Waals surface area contributed by atoms with Gasteiger partial charge < -0.3 is 9.47 Å². The molecule has 2 unspecified atom stereocenters. The third-order valence-corrected chi connectivity index (χ3v) is 8.67. The zero-order valence-corrected chi connectivity index (χ0v) is 22.7. The molecule has 13 heteroatoms. The summed E-state index contributed by atoms with van der Waals surface area (Å²) in [4.78, 5) is 8.64. The third kappa shape index (κ3) is 4.57. The lowest BCUT2D eigenvalue weighted by Crippen LogP contribution is -2.31. The Kier molecular flexibility index (Phi) is 6.78. The van der Waals surface area contributed by atoms with E-state index in [0.29, 0.717) is 34.5 Å². The molecule has 200 valence electrons. The second kappa shape index (κ2) is 10.0. The number of fused-ring (bicyclic) bond motifs is 1. The van der Waals surface area contributed by atoms with Gasteiger partial charge in [-0.2, -0.15) is 5.10 Å². The van der Waals surface area contributed by atoms with Crippen molar-refractivity contribution in [2.45, 2.75) is 51.3 Å². The van der Waals surface area contributed by atoms with Crippen LogP contribution >= 0.6 is 0 Å². The second-order valence-electron chi connectivity index (χ2n) is 9.30. The van der Waals surface area contributed by atoms with Crippen molar-refractivity contribution in [3.05, 3.63) is 53.7 Å². The molecule has 0 fully saturated rings. The molecule has 4 aromatic rings. The summed E-state index contributed by atoms with van der Waals surface area (Å²) in [6, 6.07) is 7.25. The maximum absolute atomic E-state index is 13.6. The van der Waals surface area contributed by atoms with Crippen LogP contribution in [0.4, 0.5) is 5.95 Å². The number of hydrogen-bond donors (Lipinski definition) is 1. The Labute approximate surface area is 221 Å². The molecule has 1 aliphatic heterocycles. The molecule has 0 bridgehead atoms. The van der Waals surface area contributed by atoms with Crippen LogP contribution in [0.25, 0.3) is 17.2 Å². The van der Waals surface area contributed by atoms with Crippen LogP contribution in [0.5, 0.6) is 11.5 Å². The number of ether oxygens (including phenoxy) is 2. The number of nitrogens with one attached hydrogen (secondary N) is 1. The molecule has 0 radical (unpaired) electrons. The highest BCUT2D eigenvalue weighted by atomic mass is 32.2. The molecule has 5 rings (SSSR count). The van der Waals surface area contributed by atoms with Gasteiger partial charge in [0.25, 0.3) is 0 Å². The van der Waals surface area contributed by atoms with Crippen LogP contribution in [0.2, 0.25) is 0 Å². The molecule has 4 heterocycles. The Morgan fingerprint density at radius 2 is 1.74 bits per heavy atom. The van der Waals surface area contributed by atoms with Gasteiger partial charge in [0.1, 0.15) is 28.7 Å². The molecular formula is C25H30N8O4S. The van der Waals surface area contributed by atoms with Gasteiger partial charge in [-0.1, -0.05) is 13.0 Å². The average molecular weight is 539 g/mol. The van der Waals surface area contributed by atoms with Gasteiger partial charge in [-0.3, -0.25) is 14.0 Å². The van der Waals surface area contributed by atoms with E-state index in [1.165, 1.54) is 14.2 Å². The summed E-state index contributed by atoms with van der Waals surface area (Å²) < 4.78 is 44.6. The molecule has 1 aliphatic rings. The maximum Gasteiger partial charge on any atom is 0.243 e. The predicted molar refractivity (Wildman–Crippen MR) is 141 cm³/mol. The van der Waals surface area contributed by atoms with Crippen LogP contribution < -0.4 is 14.2 Å². The maximum atomic E-state index is 13.6. The van der Waals surface area contributed by atoms with Crippen LogP contribution in [0.1, 0.15) is 43.3 Å². The second-order valence-corrected chi connectivity index (χ2v) is 11.3. The molecule has 0 spiro atoms. The van der Waals surface area contributed by atoms with Crippen molar-refractivity contribution in [2.75, 3.05) is 18.9 Å². The molecular weight excluding hydrogens is 508 g/mol. The highest BCUT2D eigenvalue weighted by Gasteiger charge is 2.33. The van der Waals surface area contributed by atoms with Crippen LogP contribution in [0, 0.1) is 6.92 Å². The summed E-state index contributed by atoms with van der Waals surface area (Å²) in [5.74, 6) is 1.20. The van der Waals surface area contributed by atoms with E-state index in [1.807, 2.05) is 17.7 Å². The van der Waals surface area contributed by atoms with E-state index in [1.54, 1.807) is 49.0 Å². The number of anilines is 1. The van der Waals surface area contributed by atoms with Gasteiger partial charge in [0.2, 0.25) is 16.0 Å². The SMILES string of the molecule is COc1cccc(OC)c1-n1c(NS(=O)(=O)C(C)C(C)c2ncc(C)cn2)nnc1-c1cc2n(n1)CCC2. The average Bonchev–Trinajstić information content (AvgIpc) is 3.62. The minimum atomic E-state index is -3.97. The number of rotatable bonds is 9. The van der Waals surface area contributed by atoms with Gasteiger partial charge in [-0.05, 0) is 50.5 Å². The minimum Gasteiger partial charge on any atom is -0.494 e. The summed E-state index contributed by atoms with van der Waals surface area (Å²) in [7, 11) is -0.906. The summed E-state index contributed by atoms with van der Waals surface area (Å²) >= 11 is 0. The van der Waals surface area contributed by atoms with Gasteiger partial charge in [0.15, 0.2) is 5.82 Å². The van der Waals surface area contributed by atoms with Crippen LogP contribution in [0.3, 0.4) is 0 Å². The quantitative estimate of drug-likeness (QED) is 0.340. The number of hydrogen-bond acceptors (Lipinski definition) is 9. The predicted octanol–water partition coefficient (Wildman–Crippen LogP) is 3.13. The first kappa shape index (κ1) is 25.6. The monoisotopic (exact) mass is 538 g/mol. The lowest BCUT2D eigenvalue weighted by Gasteiger charge is -2.21. The first-order chi connectivity index (χ1) is 18.2. The van der Waals surface area contributed by atoms with Gasteiger partial charge in [-0.25, -0.2) is 18.4 Å². The molecule has 38 heavy (non-hydrogen) atoms. The van der Waals surface area contributed by atoms with Gasteiger partial charge >= 0.3 is 0 Å². The summed E-state index contributed by atoms with van der Waals surface area (Å²) in [5.41, 5.74) is 3.00. The van der Waals surface area contributed by atoms with E-state index in [9.17, 15) is 8.42 Å². The number of sulfonamides is 1. The normalized spacial score (nSPS) is 14.7. The van der Waals surface area contributed by atoms with Crippen LogP contribution in [-0.2, 0) is 23.0 Å². The topological polar surface area (TPSA) is 139 Å². The van der Waals surface area contributed by atoms with Crippen molar-refractivity contribution in [1.82, 2.24) is 34.5 Å². The molecule has 2 atom stereocenters. The number of nitrogens with zero attached hydrogens (tertiary/aromatic N) is 7. The van der Waals surface area contributed by atoms with Crippen molar-refractivity contribution in [3.63, 3.8) is 0 Å². The van der Waals surface area contributed by atoms with Crippen molar-refractivity contribution in [2.24, 2.45) is 0 Å². The van der Waals surface area contributed by atoms with Gasteiger partial charge in [0.05, 0.1) is 19.5 Å². The van der Waals surface area contributed by atoms with Crippen LogP contribution in [-0.4, -0.2) is 62.4 Å². The molecule has 3 aromatic heterocycles. The van der Waals surface area contributed by atoms with Gasteiger partial charge in [-0.15, -0.1) is 10.2 Å². The molecule has 0 amide bonds. The lowest BCUT2D eigenvalue weighted by atomic mass is 10.1. The van der Waals surface area contributed by atoms with Crippen molar-refractivity contribution < 1.29 is 17.9 Å². The molecule has 12 nitrogen and oxygen atoms in total. The molecule has 1 aromatic carbocycles. The summed E-state index contributed by atoms with van der Waals surface area (Å²) in [6.45, 7) is 6.08. The van der Waals surface area contributed by atoms with Crippen LogP contribution in [0.15, 0.2) is 36.7 Å². The van der Waals surface area contributed by atoms with Gasteiger partial charge in [0, 0.05) is 30.6 Å². The number of methoxy groups -OCH3 is 2. The van der Waals surface area contributed by atoms with E-state index in [4.69, 9.17) is 14.6 Å². The Morgan fingerprint density at radius 1 is 1.05 bits per heavy atom. The standard InChI is InChI=1S/C25H30N8O4S/c1-15-13-26-23(27-14-15)16(2)17(3)38(34,35)31-25-29-28-24(19-12-18-8-7-11-32(18)30-19)33(25)22-20(36-4)9-6-10-21(22)37-5/h6,9-10,12-14,16-17H,7-8,11H2,1-5H3,(H,29,31). The fourth-order valence-corrected chi connectivity index (χ4v) is 5.72. The highest BCUT2D eigenvalue weighted by molar-refractivity contribution is 7.93. The van der Waals surface area contributed by atoms with Crippen molar-refractivity contribution in [1.29, 1.82) is 0 Å².